The van der Waals surface area contributed by atoms with Crippen molar-refractivity contribution in [3.05, 3.63) is 29.8 Å². The highest BCUT2D eigenvalue weighted by Crippen LogP contribution is 2.24. The van der Waals surface area contributed by atoms with Gasteiger partial charge in [-0.3, -0.25) is 4.79 Å². The lowest BCUT2D eigenvalue weighted by Crippen LogP contribution is -2.43. The van der Waals surface area contributed by atoms with Crippen molar-refractivity contribution in [3.8, 4) is 5.75 Å². The zero-order valence-corrected chi connectivity index (χ0v) is 14.8. The molecule has 0 spiro atoms. The summed E-state index contributed by atoms with van der Waals surface area (Å²) >= 11 is 0. The van der Waals surface area contributed by atoms with E-state index in [-0.39, 0.29) is 23.3 Å². The second-order valence-corrected chi connectivity index (χ2v) is 7.52. The average molecular weight is 318 g/mol. The van der Waals surface area contributed by atoms with E-state index in [9.17, 15) is 4.79 Å². The van der Waals surface area contributed by atoms with Crippen LogP contribution in [0, 0.1) is 5.92 Å². The van der Waals surface area contributed by atoms with Crippen molar-refractivity contribution in [2.75, 3.05) is 19.7 Å². The molecule has 0 saturated carbocycles. The van der Waals surface area contributed by atoms with E-state index in [4.69, 9.17) is 4.74 Å². The van der Waals surface area contributed by atoms with Crippen LogP contribution in [0.15, 0.2) is 24.3 Å². The van der Waals surface area contributed by atoms with Crippen LogP contribution >= 0.6 is 0 Å². The van der Waals surface area contributed by atoms with Crippen molar-refractivity contribution in [1.29, 1.82) is 0 Å². The van der Waals surface area contributed by atoms with Gasteiger partial charge in [-0.2, -0.15) is 0 Å². The van der Waals surface area contributed by atoms with Crippen molar-refractivity contribution in [2.45, 2.75) is 52.0 Å². The summed E-state index contributed by atoms with van der Waals surface area (Å²) in [7, 11) is 0. The van der Waals surface area contributed by atoms with Gasteiger partial charge in [0.15, 0.2) is 0 Å². The van der Waals surface area contributed by atoms with Gasteiger partial charge < -0.3 is 15.4 Å². The first-order chi connectivity index (χ1) is 10.9. The molecule has 1 atom stereocenters. The summed E-state index contributed by atoms with van der Waals surface area (Å²) in [5.74, 6) is 1.15. The maximum atomic E-state index is 12.2. The van der Waals surface area contributed by atoms with Crippen LogP contribution in [-0.2, 0) is 10.2 Å². The van der Waals surface area contributed by atoms with Crippen LogP contribution in [0.5, 0.6) is 5.75 Å². The van der Waals surface area contributed by atoms with Gasteiger partial charge in [0.05, 0.1) is 6.04 Å². The topological polar surface area (TPSA) is 50.4 Å². The Morgan fingerprint density at radius 3 is 2.43 bits per heavy atom. The van der Waals surface area contributed by atoms with Gasteiger partial charge in [0.1, 0.15) is 12.4 Å². The summed E-state index contributed by atoms with van der Waals surface area (Å²) < 4.78 is 5.80. The van der Waals surface area contributed by atoms with E-state index >= 15 is 0 Å². The normalized spacial score (nSPS) is 17.6. The van der Waals surface area contributed by atoms with E-state index in [0.29, 0.717) is 6.61 Å². The van der Waals surface area contributed by atoms with Crippen molar-refractivity contribution in [3.63, 3.8) is 0 Å². The largest absolute Gasteiger partial charge is 0.491 e. The van der Waals surface area contributed by atoms with Gasteiger partial charge in [0.25, 0.3) is 0 Å². The number of carbonyl (C=O) groups excluding carboxylic acids is 1. The number of rotatable bonds is 5. The lowest BCUT2D eigenvalue weighted by Gasteiger charge is -2.24. The number of hydrogen-bond donors (Lipinski definition) is 2. The molecule has 23 heavy (non-hydrogen) atoms. The Bertz CT molecular complexity index is 499. The molecule has 1 aromatic carbocycles. The minimum absolute atomic E-state index is 0.0136. The number of benzene rings is 1. The van der Waals surface area contributed by atoms with Crippen LogP contribution in [0.1, 0.15) is 46.1 Å². The first kappa shape index (κ1) is 17.8. The number of piperidine rings is 1. The van der Waals surface area contributed by atoms with Crippen LogP contribution in [0.25, 0.3) is 0 Å². The van der Waals surface area contributed by atoms with Crippen molar-refractivity contribution in [1.82, 2.24) is 10.6 Å². The molecular weight excluding hydrogens is 288 g/mol. The second-order valence-electron chi connectivity index (χ2n) is 7.52. The first-order valence-electron chi connectivity index (χ1n) is 8.60. The van der Waals surface area contributed by atoms with Gasteiger partial charge in [-0.25, -0.2) is 0 Å². The summed E-state index contributed by atoms with van der Waals surface area (Å²) in [6.07, 6.45) is 1.85. The molecule has 1 saturated heterocycles. The average Bonchev–Trinajstić information content (AvgIpc) is 2.53. The predicted molar refractivity (Wildman–Crippen MR) is 93.8 cm³/mol. The molecule has 1 aromatic rings. The van der Waals surface area contributed by atoms with Gasteiger partial charge in [-0.05, 0) is 56.0 Å². The zero-order chi connectivity index (χ0) is 16.9. The molecule has 1 aliphatic rings. The molecule has 4 heteroatoms. The van der Waals surface area contributed by atoms with Gasteiger partial charge in [-0.15, -0.1) is 0 Å². The first-order valence-corrected chi connectivity index (χ1v) is 8.60. The molecule has 1 aliphatic heterocycles. The molecule has 4 nitrogen and oxygen atoms in total. The van der Waals surface area contributed by atoms with Crippen LogP contribution in [-0.4, -0.2) is 31.6 Å². The molecule has 2 N–H and O–H groups in total. The Balaban J connectivity index is 1.77. The van der Waals surface area contributed by atoms with Crippen molar-refractivity contribution >= 4 is 5.91 Å². The Labute approximate surface area is 140 Å². The van der Waals surface area contributed by atoms with E-state index in [2.05, 4.69) is 43.5 Å². The highest BCUT2D eigenvalue weighted by molar-refractivity contribution is 5.79. The Morgan fingerprint density at radius 2 is 1.87 bits per heavy atom. The Kier molecular flexibility index (Phi) is 6.05. The third kappa shape index (κ3) is 5.54. The summed E-state index contributed by atoms with van der Waals surface area (Å²) in [4.78, 5) is 12.2. The quantitative estimate of drug-likeness (QED) is 0.878. The van der Waals surface area contributed by atoms with Crippen LogP contribution in [0.2, 0.25) is 0 Å². The second kappa shape index (κ2) is 7.82. The predicted octanol–water partition coefficient (Wildman–Crippen LogP) is 2.87. The molecule has 1 heterocycles. The Hall–Kier alpha value is -1.55. The van der Waals surface area contributed by atoms with Gasteiger partial charge in [-0.1, -0.05) is 32.9 Å². The third-order valence-electron chi connectivity index (χ3n) is 4.32. The van der Waals surface area contributed by atoms with E-state index < -0.39 is 0 Å². The molecule has 1 amide bonds. The van der Waals surface area contributed by atoms with Gasteiger partial charge in [0, 0.05) is 5.92 Å². The maximum Gasteiger partial charge on any atom is 0.223 e. The minimum Gasteiger partial charge on any atom is -0.491 e. The van der Waals surface area contributed by atoms with E-state index in [1.165, 1.54) is 5.56 Å². The molecule has 0 aliphatic carbocycles. The standard InChI is InChI=1S/C19H30N2O2/c1-14(21-18(22)15-9-11-20-12-10-15)13-23-17-7-5-16(6-8-17)19(2,3)4/h5-8,14-15,20H,9-13H2,1-4H3,(H,21,22)/t14-/m0/s1. The SMILES string of the molecule is C[C@@H](COc1ccc(C(C)(C)C)cc1)NC(=O)C1CCNCC1. The number of amides is 1. The lowest BCUT2D eigenvalue weighted by atomic mass is 9.87. The molecule has 0 bridgehead atoms. The molecule has 0 unspecified atom stereocenters. The Morgan fingerprint density at radius 1 is 1.26 bits per heavy atom. The number of carbonyl (C=O) groups is 1. The molecule has 1 fully saturated rings. The number of ether oxygens (including phenoxy) is 1. The fraction of sp³-hybridized carbons (Fsp3) is 0.632. The highest BCUT2D eigenvalue weighted by Gasteiger charge is 2.22. The van der Waals surface area contributed by atoms with Crippen molar-refractivity contribution < 1.29 is 9.53 Å². The monoisotopic (exact) mass is 318 g/mol. The highest BCUT2D eigenvalue weighted by atomic mass is 16.5. The van der Waals surface area contributed by atoms with Crippen LogP contribution in [0.4, 0.5) is 0 Å². The zero-order valence-electron chi connectivity index (χ0n) is 14.8. The van der Waals surface area contributed by atoms with Crippen LogP contribution in [0.3, 0.4) is 0 Å². The molecule has 128 valence electrons. The van der Waals surface area contributed by atoms with Crippen LogP contribution < -0.4 is 15.4 Å². The summed E-state index contributed by atoms with van der Waals surface area (Å²) in [6, 6.07) is 8.23. The van der Waals surface area contributed by atoms with Gasteiger partial charge in [0.2, 0.25) is 5.91 Å². The summed E-state index contributed by atoms with van der Waals surface area (Å²) in [5.41, 5.74) is 1.44. The molecule has 0 radical (unpaired) electrons. The molecular formula is C19H30N2O2. The van der Waals surface area contributed by atoms with Crippen molar-refractivity contribution in [2.24, 2.45) is 5.92 Å². The lowest BCUT2D eigenvalue weighted by molar-refractivity contribution is -0.126. The van der Waals surface area contributed by atoms with E-state index in [1.54, 1.807) is 0 Å². The van der Waals surface area contributed by atoms with E-state index in [1.807, 2.05) is 19.1 Å². The van der Waals surface area contributed by atoms with Gasteiger partial charge >= 0.3 is 0 Å². The number of hydrogen-bond acceptors (Lipinski definition) is 3. The maximum absolute atomic E-state index is 12.2. The molecule has 0 aromatic heterocycles. The fourth-order valence-electron chi connectivity index (χ4n) is 2.76. The summed E-state index contributed by atoms with van der Waals surface area (Å²) in [6.45, 7) is 10.9. The summed E-state index contributed by atoms with van der Waals surface area (Å²) in [5, 5.41) is 6.34. The minimum atomic E-state index is 0.0136. The fourth-order valence-corrected chi connectivity index (χ4v) is 2.76. The van der Waals surface area contributed by atoms with E-state index in [0.717, 1.165) is 31.7 Å². The number of nitrogens with one attached hydrogen (secondary N) is 2. The smallest absolute Gasteiger partial charge is 0.223 e. The molecule has 2 rings (SSSR count). The third-order valence-corrected chi connectivity index (χ3v) is 4.32.